The molecule has 4 rings (SSSR count). The number of esters is 1. The van der Waals surface area contributed by atoms with Crippen LogP contribution in [0.4, 0.5) is 0 Å². The number of allylic oxidation sites excluding steroid dienone is 1. The smallest absolute Gasteiger partial charge is 0.302 e. The molecule has 2 nitrogen and oxygen atoms in total. The molecule has 2 heteroatoms. The Labute approximate surface area is 192 Å². The second-order valence-electron chi connectivity index (χ2n) is 12.8. The molecule has 0 bridgehead atoms. The first-order valence-electron chi connectivity index (χ1n) is 13.5. The number of fused-ring (bicyclic) bond motifs is 5. The summed E-state index contributed by atoms with van der Waals surface area (Å²) in [6.45, 7) is 14.1. The fourth-order valence-corrected chi connectivity index (χ4v) is 8.99. The average Bonchev–Trinajstić information content (AvgIpc) is 3.05. The fraction of sp³-hybridized carbons (Fsp3) is 0.897. The van der Waals surface area contributed by atoms with Crippen molar-refractivity contribution in [2.75, 3.05) is 0 Å². The third-order valence-electron chi connectivity index (χ3n) is 10.6. The zero-order valence-corrected chi connectivity index (χ0v) is 21.2. The van der Waals surface area contributed by atoms with Crippen molar-refractivity contribution in [3.63, 3.8) is 0 Å². The van der Waals surface area contributed by atoms with E-state index < -0.39 is 0 Å². The lowest BCUT2D eigenvalue weighted by atomic mass is 9.47. The van der Waals surface area contributed by atoms with E-state index in [-0.39, 0.29) is 12.1 Å². The first kappa shape index (κ1) is 23.4. The van der Waals surface area contributed by atoms with Crippen LogP contribution in [0.1, 0.15) is 112 Å². The van der Waals surface area contributed by atoms with Crippen molar-refractivity contribution in [2.45, 2.75) is 118 Å². The molecule has 8 atom stereocenters. The largest absolute Gasteiger partial charge is 0.462 e. The Bertz CT molecular complexity index is 693. The number of hydrogen-bond acceptors (Lipinski definition) is 2. The summed E-state index contributed by atoms with van der Waals surface area (Å²) in [5, 5.41) is 0. The van der Waals surface area contributed by atoms with Crippen LogP contribution in [0.5, 0.6) is 0 Å². The van der Waals surface area contributed by atoms with Crippen LogP contribution in [0.2, 0.25) is 0 Å². The van der Waals surface area contributed by atoms with Gasteiger partial charge in [-0.15, -0.1) is 0 Å². The van der Waals surface area contributed by atoms with Gasteiger partial charge in [-0.1, -0.05) is 65.5 Å². The van der Waals surface area contributed by atoms with Gasteiger partial charge in [0.05, 0.1) is 0 Å². The minimum absolute atomic E-state index is 0.115. The molecule has 4 aliphatic rings. The zero-order chi connectivity index (χ0) is 22.4. The monoisotopic (exact) mass is 428 g/mol. The van der Waals surface area contributed by atoms with Gasteiger partial charge < -0.3 is 4.74 Å². The molecule has 0 radical (unpaired) electrons. The normalized spacial score (nSPS) is 42.9. The van der Waals surface area contributed by atoms with E-state index in [1.165, 1.54) is 57.8 Å². The standard InChI is InChI=1S/C29H48O2/c1-19(2)8-7-9-20(3)25-12-13-26-24-11-10-22-18-23(31-21(4)30)14-16-28(22,5)27(24)15-17-29(25,26)6/h10,19-20,23-27H,7-9,11-18H2,1-6H3/t20-,23+,24+,25?,26+,27+,28?,29?/m1/s1. The molecular weight excluding hydrogens is 380 g/mol. The van der Waals surface area contributed by atoms with Gasteiger partial charge in [0.1, 0.15) is 6.10 Å². The summed E-state index contributed by atoms with van der Waals surface area (Å²) in [7, 11) is 0. The summed E-state index contributed by atoms with van der Waals surface area (Å²) >= 11 is 0. The van der Waals surface area contributed by atoms with Gasteiger partial charge in [-0.3, -0.25) is 4.79 Å². The highest BCUT2D eigenvalue weighted by Gasteiger charge is 2.59. The van der Waals surface area contributed by atoms with Crippen molar-refractivity contribution in [1.29, 1.82) is 0 Å². The number of carbonyl (C=O) groups excluding carboxylic acids is 1. The Balaban J connectivity index is 1.47. The van der Waals surface area contributed by atoms with Gasteiger partial charge in [0.2, 0.25) is 0 Å². The molecule has 3 fully saturated rings. The Morgan fingerprint density at radius 1 is 1.06 bits per heavy atom. The van der Waals surface area contributed by atoms with Crippen molar-refractivity contribution in [1.82, 2.24) is 0 Å². The van der Waals surface area contributed by atoms with Gasteiger partial charge in [-0.25, -0.2) is 0 Å². The molecular formula is C29H48O2. The minimum Gasteiger partial charge on any atom is -0.462 e. The predicted molar refractivity (Wildman–Crippen MR) is 129 cm³/mol. The van der Waals surface area contributed by atoms with Crippen LogP contribution in [0, 0.1) is 46.3 Å². The van der Waals surface area contributed by atoms with Crippen LogP contribution < -0.4 is 0 Å². The fourth-order valence-electron chi connectivity index (χ4n) is 8.99. The first-order valence-corrected chi connectivity index (χ1v) is 13.5. The Morgan fingerprint density at radius 2 is 1.84 bits per heavy atom. The molecule has 0 amide bonds. The quantitative estimate of drug-likeness (QED) is 0.317. The van der Waals surface area contributed by atoms with Crippen LogP contribution in [-0.2, 0) is 9.53 Å². The van der Waals surface area contributed by atoms with E-state index in [2.05, 4.69) is 40.7 Å². The van der Waals surface area contributed by atoms with Crippen molar-refractivity contribution in [3.8, 4) is 0 Å². The predicted octanol–water partition coefficient (Wildman–Crippen LogP) is 7.96. The average molecular weight is 429 g/mol. The van der Waals surface area contributed by atoms with Gasteiger partial charge >= 0.3 is 5.97 Å². The highest BCUT2D eigenvalue weighted by Crippen LogP contribution is 2.67. The maximum Gasteiger partial charge on any atom is 0.302 e. The second kappa shape index (κ2) is 8.86. The van der Waals surface area contributed by atoms with E-state index in [0.717, 1.165) is 48.3 Å². The Kier molecular flexibility index (Phi) is 6.68. The summed E-state index contributed by atoms with van der Waals surface area (Å²) in [6, 6.07) is 0. The van der Waals surface area contributed by atoms with Crippen LogP contribution in [0.25, 0.3) is 0 Å². The van der Waals surface area contributed by atoms with Crippen molar-refractivity contribution < 1.29 is 9.53 Å². The van der Waals surface area contributed by atoms with E-state index in [4.69, 9.17) is 4.74 Å². The van der Waals surface area contributed by atoms with E-state index in [0.29, 0.717) is 10.8 Å². The lowest BCUT2D eigenvalue weighted by Crippen LogP contribution is -2.51. The highest BCUT2D eigenvalue weighted by atomic mass is 16.5. The first-order chi connectivity index (χ1) is 14.6. The molecule has 0 aromatic heterocycles. The molecule has 0 heterocycles. The summed E-state index contributed by atoms with van der Waals surface area (Å²) in [5.74, 6) is 5.19. The van der Waals surface area contributed by atoms with Gasteiger partial charge in [0.15, 0.2) is 0 Å². The molecule has 0 aromatic carbocycles. The van der Waals surface area contributed by atoms with Gasteiger partial charge in [-0.2, -0.15) is 0 Å². The Morgan fingerprint density at radius 3 is 2.55 bits per heavy atom. The van der Waals surface area contributed by atoms with Gasteiger partial charge in [0.25, 0.3) is 0 Å². The third kappa shape index (κ3) is 4.26. The van der Waals surface area contributed by atoms with Gasteiger partial charge in [-0.05, 0) is 91.3 Å². The Hall–Kier alpha value is -0.790. The molecule has 0 spiro atoms. The minimum atomic E-state index is -0.115. The molecule has 176 valence electrons. The molecule has 31 heavy (non-hydrogen) atoms. The van der Waals surface area contributed by atoms with E-state index in [1.54, 1.807) is 12.5 Å². The summed E-state index contributed by atoms with van der Waals surface area (Å²) < 4.78 is 5.61. The molecule has 4 aliphatic carbocycles. The number of hydrogen-bond donors (Lipinski definition) is 0. The zero-order valence-electron chi connectivity index (χ0n) is 21.2. The van der Waals surface area contributed by atoms with E-state index >= 15 is 0 Å². The van der Waals surface area contributed by atoms with Crippen LogP contribution >= 0.6 is 0 Å². The van der Waals surface area contributed by atoms with E-state index in [9.17, 15) is 4.79 Å². The van der Waals surface area contributed by atoms with E-state index in [1.807, 2.05) is 0 Å². The topological polar surface area (TPSA) is 26.3 Å². The lowest BCUT2D eigenvalue weighted by Gasteiger charge is -2.58. The second-order valence-corrected chi connectivity index (χ2v) is 12.8. The molecule has 0 N–H and O–H groups in total. The molecule has 0 aliphatic heterocycles. The summed E-state index contributed by atoms with van der Waals surface area (Å²) in [6.07, 6.45) is 17.2. The number of carbonyl (C=O) groups is 1. The van der Waals surface area contributed by atoms with Crippen LogP contribution in [0.15, 0.2) is 11.6 Å². The summed E-state index contributed by atoms with van der Waals surface area (Å²) in [5.41, 5.74) is 2.53. The molecule has 0 aromatic rings. The third-order valence-corrected chi connectivity index (χ3v) is 10.6. The van der Waals surface area contributed by atoms with Gasteiger partial charge in [0, 0.05) is 13.3 Å². The summed E-state index contributed by atoms with van der Waals surface area (Å²) in [4.78, 5) is 11.5. The van der Waals surface area contributed by atoms with Crippen LogP contribution in [-0.4, -0.2) is 12.1 Å². The SMILES string of the molecule is CC(=O)O[C@H]1CCC2(C)C(=CC[C@@H]3[C@@H]2CCC2(C)C([C@H](C)CCCC(C)C)CC[C@@H]32)C1. The molecule has 0 saturated heterocycles. The van der Waals surface area contributed by atoms with Crippen LogP contribution in [0.3, 0.4) is 0 Å². The number of ether oxygens (including phenoxy) is 1. The maximum atomic E-state index is 11.5. The van der Waals surface area contributed by atoms with Crippen molar-refractivity contribution in [3.05, 3.63) is 11.6 Å². The van der Waals surface area contributed by atoms with Crippen molar-refractivity contribution >= 4 is 5.97 Å². The van der Waals surface area contributed by atoms with Crippen molar-refractivity contribution in [2.24, 2.45) is 46.3 Å². The molecule has 3 saturated carbocycles. The number of rotatable bonds is 6. The maximum absolute atomic E-state index is 11.5. The molecule has 3 unspecified atom stereocenters. The lowest BCUT2D eigenvalue weighted by molar-refractivity contribution is -0.148. The highest BCUT2D eigenvalue weighted by molar-refractivity contribution is 5.66.